The smallest absolute Gasteiger partial charge is 0.132 e. The molecule has 0 aromatic heterocycles. The Morgan fingerprint density at radius 2 is 1.67 bits per heavy atom. The first-order valence-electron chi connectivity index (χ1n) is 12.0. The van der Waals surface area contributed by atoms with Crippen molar-refractivity contribution in [1.82, 2.24) is 5.43 Å². The summed E-state index contributed by atoms with van der Waals surface area (Å²) in [4.78, 5) is 0. The molecule has 0 heterocycles. The van der Waals surface area contributed by atoms with Crippen LogP contribution in [0.4, 0.5) is 0 Å². The van der Waals surface area contributed by atoms with Crippen molar-refractivity contribution in [2.75, 3.05) is 14.2 Å². The molecule has 0 aliphatic carbocycles. The number of nitrogens with one attached hydrogen (secondary N) is 1. The van der Waals surface area contributed by atoms with E-state index in [4.69, 9.17) is 4.74 Å². The lowest BCUT2D eigenvalue weighted by Gasteiger charge is -2.12. The van der Waals surface area contributed by atoms with Crippen LogP contribution in [0, 0.1) is 17.4 Å². The van der Waals surface area contributed by atoms with Gasteiger partial charge in [-0.25, -0.2) is 0 Å². The zero-order chi connectivity index (χ0) is 27.5. The Morgan fingerprint density at radius 1 is 1.06 bits per heavy atom. The summed E-state index contributed by atoms with van der Waals surface area (Å²) in [5.74, 6) is 5.59. The van der Waals surface area contributed by atoms with Gasteiger partial charge in [0.15, 0.2) is 0 Å². The maximum absolute atomic E-state index is 10.3. The zero-order valence-electron chi connectivity index (χ0n) is 22.5. The number of ether oxygens (including phenoxy) is 1. The lowest BCUT2D eigenvalue weighted by atomic mass is 9.98. The summed E-state index contributed by atoms with van der Waals surface area (Å²) in [5, 5.41) is 10.3. The lowest BCUT2D eigenvalue weighted by molar-refractivity contribution is 0.220. The Hall–Kier alpha value is -2.45. The van der Waals surface area contributed by atoms with Crippen LogP contribution in [0.25, 0.3) is 0 Å². The first-order chi connectivity index (χ1) is 17.3. The second-order valence-corrected chi connectivity index (χ2v) is 9.05. The average Bonchev–Trinajstić information content (AvgIpc) is 2.89. The van der Waals surface area contributed by atoms with Gasteiger partial charge in [0.25, 0.3) is 0 Å². The minimum Gasteiger partial charge on any atom is -0.496 e. The van der Waals surface area contributed by atoms with E-state index in [-0.39, 0.29) is 0 Å². The molecule has 196 valence electrons. The van der Waals surface area contributed by atoms with Crippen molar-refractivity contribution in [1.29, 1.82) is 0 Å². The molecule has 0 amide bonds. The van der Waals surface area contributed by atoms with Crippen LogP contribution in [0.5, 0.6) is 5.75 Å². The summed E-state index contributed by atoms with van der Waals surface area (Å²) in [6.45, 7) is 16.1. The number of halogens is 1. The van der Waals surface area contributed by atoms with Gasteiger partial charge in [0.2, 0.25) is 0 Å². The van der Waals surface area contributed by atoms with E-state index in [1.807, 2.05) is 67.6 Å². The number of aliphatic hydroxyl groups is 1. The maximum Gasteiger partial charge on any atom is 0.132 e. The first kappa shape index (κ1) is 33.5. The predicted octanol–water partition coefficient (Wildman–Crippen LogP) is 7.25. The van der Waals surface area contributed by atoms with Crippen LogP contribution in [0.2, 0.25) is 0 Å². The fourth-order valence-corrected chi connectivity index (χ4v) is 4.54. The van der Waals surface area contributed by atoms with E-state index in [9.17, 15) is 5.11 Å². The molecule has 36 heavy (non-hydrogen) atoms. The van der Waals surface area contributed by atoms with Crippen molar-refractivity contribution in [3.05, 3.63) is 123 Å². The topological polar surface area (TPSA) is 67.5 Å². The van der Waals surface area contributed by atoms with E-state index in [0.717, 1.165) is 35.3 Å². The molecule has 1 unspecified atom stereocenters. The van der Waals surface area contributed by atoms with E-state index < -0.39 is 6.10 Å². The molecule has 0 spiro atoms. The quantitative estimate of drug-likeness (QED) is 0.115. The first-order valence-corrected chi connectivity index (χ1v) is 13.0. The second kappa shape index (κ2) is 19.7. The van der Waals surface area contributed by atoms with Gasteiger partial charge in [-0.3, -0.25) is 11.3 Å². The zero-order valence-corrected chi connectivity index (χ0v) is 24.6. The Morgan fingerprint density at radius 3 is 2.17 bits per heavy atom. The van der Waals surface area contributed by atoms with Crippen molar-refractivity contribution in [2.45, 2.75) is 46.1 Å². The highest BCUT2D eigenvalue weighted by atomic mass is 127. The van der Waals surface area contributed by atoms with E-state index >= 15 is 0 Å². The monoisotopic (exact) mass is 602 g/mol. The molecular formula is C31H43IN2O2. The van der Waals surface area contributed by atoms with E-state index in [2.05, 4.69) is 73.5 Å². The number of hydrogen-bond acceptors (Lipinski definition) is 4. The molecule has 0 bridgehead atoms. The summed E-state index contributed by atoms with van der Waals surface area (Å²) in [5.41, 5.74) is 9.29. The number of methoxy groups -OCH3 is 1. The molecule has 0 fully saturated rings. The van der Waals surface area contributed by atoms with Crippen molar-refractivity contribution in [3.63, 3.8) is 0 Å². The maximum atomic E-state index is 10.3. The van der Waals surface area contributed by atoms with Crippen LogP contribution in [-0.4, -0.2) is 19.3 Å². The van der Waals surface area contributed by atoms with E-state index in [1.54, 1.807) is 14.2 Å². The summed E-state index contributed by atoms with van der Waals surface area (Å²) >= 11 is 2.36. The molecular weight excluding hydrogens is 559 g/mol. The molecule has 0 aliphatic rings. The van der Waals surface area contributed by atoms with Crippen LogP contribution >= 0.6 is 22.6 Å². The molecule has 3 rings (SSSR count). The number of hydrazine groups is 1. The summed E-state index contributed by atoms with van der Waals surface area (Å²) in [6.07, 6.45) is 4.51. The van der Waals surface area contributed by atoms with Crippen LogP contribution in [0.1, 0.15) is 52.8 Å². The highest BCUT2D eigenvalue weighted by molar-refractivity contribution is 14.1. The molecule has 0 saturated heterocycles. The average molecular weight is 603 g/mol. The Kier molecular flexibility index (Phi) is 18.4. The predicted molar refractivity (Wildman–Crippen MR) is 165 cm³/mol. The third-order valence-electron chi connectivity index (χ3n) is 5.20. The normalized spacial score (nSPS) is 10.3. The van der Waals surface area contributed by atoms with Gasteiger partial charge in [-0.1, -0.05) is 79.6 Å². The fourth-order valence-electron chi connectivity index (χ4n) is 3.45. The number of hydrogen-bond donors (Lipinski definition) is 3. The Labute approximate surface area is 232 Å². The van der Waals surface area contributed by atoms with E-state index in [0.29, 0.717) is 0 Å². The van der Waals surface area contributed by atoms with Crippen LogP contribution in [0.15, 0.2) is 86.5 Å². The number of aliphatic hydroxyl groups excluding tert-OH is 1. The van der Waals surface area contributed by atoms with Gasteiger partial charge in [0, 0.05) is 0 Å². The lowest BCUT2D eigenvalue weighted by Crippen LogP contribution is -2.13. The number of benzene rings is 3. The molecule has 5 heteroatoms. The third kappa shape index (κ3) is 11.5. The molecule has 0 radical (unpaired) electrons. The molecule has 0 saturated carbocycles. The Bertz CT molecular complexity index is 1020. The van der Waals surface area contributed by atoms with E-state index in [1.165, 1.54) is 26.7 Å². The van der Waals surface area contributed by atoms with Crippen molar-refractivity contribution < 1.29 is 9.84 Å². The molecule has 1 atom stereocenters. The number of allylic oxidation sites excluding steroid dienone is 1. The Balaban J connectivity index is 0.000000599. The molecule has 3 aromatic carbocycles. The molecule has 4 N–H and O–H groups in total. The van der Waals surface area contributed by atoms with Crippen molar-refractivity contribution in [2.24, 2.45) is 5.84 Å². The van der Waals surface area contributed by atoms with Gasteiger partial charge in [-0.15, -0.1) is 19.7 Å². The van der Waals surface area contributed by atoms with Gasteiger partial charge in [0.05, 0.1) is 10.7 Å². The third-order valence-corrected chi connectivity index (χ3v) is 6.38. The number of nitrogens with two attached hydrogens (primary N) is 1. The van der Waals surface area contributed by atoms with Crippen LogP contribution in [-0.2, 0) is 12.8 Å². The number of aryl methyl sites for hydroxylation is 2. The van der Waals surface area contributed by atoms with Gasteiger partial charge < -0.3 is 9.84 Å². The van der Waals surface area contributed by atoms with Crippen LogP contribution in [0.3, 0.4) is 0 Å². The van der Waals surface area contributed by atoms with Crippen molar-refractivity contribution in [3.8, 4) is 5.75 Å². The van der Waals surface area contributed by atoms with Crippen LogP contribution < -0.4 is 16.0 Å². The molecule has 0 aliphatic heterocycles. The van der Waals surface area contributed by atoms with Gasteiger partial charge in [0.1, 0.15) is 11.9 Å². The minimum atomic E-state index is -0.553. The van der Waals surface area contributed by atoms with Crippen molar-refractivity contribution >= 4 is 22.6 Å². The SMILES string of the molecule is C=C.C=CCc1ccc(C(O)c2cccc(C)c2)cc1.CCCc1c(C)ccc(OC)c1I.CNN. The number of rotatable bonds is 7. The fraction of sp³-hybridized carbons (Fsp3) is 0.290. The van der Waals surface area contributed by atoms with Gasteiger partial charge in [-0.2, -0.15) is 0 Å². The highest BCUT2D eigenvalue weighted by Crippen LogP contribution is 2.27. The minimum absolute atomic E-state index is 0.553. The summed E-state index contributed by atoms with van der Waals surface area (Å²) in [7, 11) is 3.38. The van der Waals surface area contributed by atoms with Gasteiger partial charge >= 0.3 is 0 Å². The standard InChI is InChI=1S/C17H18O.C11H15IO.C2H4.CH6N2/c1-3-5-14-8-10-15(11-9-14)17(18)16-7-4-6-13(2)12-16;1-4-5-9-8(2)6-7-10(13-3)11(9)12;1-2;1-3-2/h3-4,6-12,17-18H,1,5H2,2H3;6-7H,4-5H2,1-3H3;1-2H2;3H,2H2,1H3. The molecule has 3 aromatic rings. The van der Waals surface area contributed by atoms with Gasteiger partial charge in [-0.05, 0) is 90.2 Å². The largest absolute Gasteiger partial charge is 0.496 e. The highest BCUT2D eigenvalue weighted by Gasteiger charge is 2.10. The summed E-state index contributed by atoms with van der Waals surface area (Å²) in [6, 6.07) is 20.2. The second-order valence-electron chi connectivity index (χ2n) is 7.97. The summed E-state index contributed by atoms with van der Waals surface area (Å²) < 4.78 is 6.55. The molecule has 4 nitrogen and oxygen atoms in total.